The molecule has 0 saturated heterocycles. The van der Waals surface area contributed by atoms with Gasteiger partial charge in [0.25, 0.3) is 0 Å². The van der Waals surface area contributed by atoms with Crippen molar-refractivity contribution in [1.82, 2.24) is 14.5 Å². The van der Waals surface area contributed by atoms with Crippen molar-refractivity contribution in [3.8, 4) is 45.0 Å². The van der Waals surface area contributed by atoms with Crippen molar-refractivity contribution >= 4 is 22.4 Å². The average molecular weight is 722 g/mol. The Labute approximate surface area is 260 Å². The van der Waals surface area contributed by atoms with E-state index in [-0.39, 0.29) is 21.1 Å². The first-order valence-electron chi connectivity index (χ1n) is 13.6. The Bertz CT molecular complexity index is 1920. The number of fused-ring (bicyclic) bond motifs is 1. The molecule has 5 heteroatoms. The van der Waals surface area contributed by atoms with Gasteiger partial charge in [-0.15, -0.1) is 47.3 Å². The third-order valence-corrected chi connectivity index (χ3v) is 7.27. The van der Waals surface area contributed by atoms with Crippen LogP contribution in [0.25, 0.3) is 61.4 Å². The summed E-state index contributed by atoms with van der Waals surface area (Å²) in [5.41, 5.74) is 10.6. The van der Waals surface area contributed by atoms with Crippen molar-refractivity contribution in [1.29, 1.82) is 0 Å². The Morgan fingerprint density at radius 3 is 2.00 bits per heavy atom. The van der Waals surface area contributed by atoms with Gasteiger partial charge in [0.1, 0.15) is 5.82 Å². The predicted molar refractivity (Wildman–Crippen MR) is 168 cm³/mol. The Balaban J connectivity index is 0.00000316. The van der Waals surface area contributed by atoms with Crippen molar-refractivity contribution < 1.29 is 21.1 Å². The Morgan fingerprint density at radius 2 is 1.24 bits per heavy atom. The maximum Gasteiger partial charge on any atom is 2.00 e. The zero-order valence-electron chi connectivity index (χ0n) is 22.9. The van der Waals surface area contributed by atoms with Gasteiger partial charge in [0, 0.05) is 12.6 Å². The zero-order valence-corrected chi connectivity index (χ0v) is 25.2. The summed E-state index contributed by atoms with van der Waals surface area (Å²) in [5, 5.41) is 5.21. The maximum atomic E-state index is 5.21. The summed E-state index contributed by atoms with van der Waals surface area (Å²) in [4.78, 5) is 10.1. The van der Waals surface area contributed by atoms with Crippen molar-refractivity contribution in [2.45, 2.75) is 0 Å². The molecule has 5 aromatic carbocycles. The molecule has 2 aromatic heterocycles. The van der Waals surface area contributed by atoms with E-state index in [1.807, 2.05) is 84.9 Å². The van der Waals surface area contributed by atoms with Gasteiger partial charge in [0.05, 0.1) is 16.7 Å². The number of aryl methyl sites for hydroxylation is 1. The SMILES string of the molecule is Cn1c(-c2ccccc2[N-]c2ccccc2-c2cc(-c3ccccc3)cc(-c3[c-]cccc3)n2)nc2ccccc21.[Pt+2]. The zero-order chi connectivity index (χ0) is 27.6. The van der Waals surface area contributed by atoms with Crippen LogP contribution in [0, 0.1) is 6.07 Å². The van der Waals surface area contributed by atoms with Crippen LogP contribution in [0.1, 0.15) is 0 Å². The van der Waals surface area contributed by atoms with E-state index in [1.54, 1.807) is 0 Å². The van der Waals surface area contributed by atoms with Crippen molar-refractivity contribution in [2.24, 2.45) is 7.05 Å². The van der Waals surface area contributed by atoms with Gasteiger partial charge in [-0.05, 0) is 40.6 Å². The van der Waals surface area contributed by atoms with Gasteiger partial charge in [-0.25, -0.2) is 4.98 Å². The van der Waals surface area contributed by atoms with Crippen molar-refractivity contribution in [3.63, 3.8) is 0 Å². The van der Waals surface area contributed by atoms with Gasteiger partial charge in [-0.2, -0.15) is 0 Å². The Hall–Kier alpha value is -4.79. The molecule has 0 bridgehead atoms. The molecular weight excluding hydrogens is 696 g/mol. The van der Waals surface area contributed by atoms with Gasteiger partial charge in [-0.3, -0.25) is 4.98 Å². The molecular formula is C37H26N4Pt. The predicted octanol–water partition coefficient (Wildman–Crippen LogP) is 9.77. The van der Waals surface area contributed by atoms with E-state index < -0.39 is 0 Å². The normalized spacial score (nSPS) is 10.8. The summed E-state index contributed by atoms with van der Waals surface area (Å²) in [6.07, 6.45) is 0. The molecule has 0 spiro atoms. The van der Waals surface area contributed by atoms with Gasteiger partial charge in [0.15, 0.2) is 0 Å². The molecule has 7 aromatic rings. The third kappa shape index (κ3) is 5.30. The minimum atomic E-state index is 0. The summed E-state index contributed by atoms with van der Waals surface area (Å²) in [7, 11) is 2.05. The molecule has 7 rings (SSSR count). The molecule has 0 N–H and O–H groups in total. The van der Waals surface area contributed by atoms with E-state index in [0.29, 0.717) is 0 Å². The summed E-state index contributed by atoms with van der Waals surface area (Å²) < 4.78 is 2.13. The molecule has 0 unspecified atom stereocenters. The maximum absolute atomic E-state index is 5.21. The molecule has 0 aliphatic heterocycles. The van der Waals surface area contributed by atoms with E-state index in [0.717, 1.165) is 67.4 Å². The second kappa shape index (κ2) is 12.0. The molecule has 0 radical (unpaired) electrons. The molecule has 2 heterocycles. The summed E-state index contributed by atoms with van der Waals surface area (Å²) in [6, 6.07) is 50.6. The first-order valence-corrected chi connectivity index (χ1v) is 13.6. The van der Waals surface area contributed by atoms with E-state index >= 15 is 0 Å². The smallest absolute Gasteiger partial charge is 0.657 e. The molecule has 0 aliphatic carbocycles. The van der Waals surface area contributed by atoms with Crippen molar-refractivity contribution in [2.75, 3.05) is 0 Å². The largest absolute Gasteiger partial charge is 2.00 e. The summed E-state index contributed by atoms with van der Waals surface area (Å²) in [5.74, 6) is 0.883. The number of para-hydroxylation sites is 4. The monoisotopic (exact) mass is 721 g/mol. The average Bonchev–Trinajstić information content (AvgIpc) is 3.38. The number of hydrogen-bond donors (Lipinski definition) is 0. The molecule has 42 heavy (non-hydrogen) atoms. The Morgan fingerprint density at radius 1 is 0.595 bits per heavy atom. The van der Waals surface area contributed by atoms with Crippen LogP contribution in [-0.2, 0) is 28.1 Å². The van der Waals surface area contributed by atoms with Crippen LogP contribution in [0.15, 0.2) is 140 Å². The molecule has 0 amide bonds. The summed E-state index contributed by atoms with van der Waals surface area (Å²) >= 11 is 0. The second-order valence-electron chi connectivity index (χ2n) is 9.90. The van der Waals surface area contributed by atoms with Gasteiger partial charge in [0.2, 0.25) is 0 Å². The fraction of sp³-hybridized carbons (Fsp3) is 0.0270. The first kappa shape index (κ1) is 27.4. The molecule has 204 valence electrons. The fourth-order valence-electron chi connectivity index (χ4n) is 5.22. The number of rotatable bonds is 6. The number of aromatic nitrogens is 3. The van der Waals surface area contributed by atoms with E-state index in [4.69, 9.17) is 15.3 Å². The van der Waals surface area contributed by atoms with Crippen LogP contribution in [0.3, 0.4) is 0 Å². The number of benzene rings is 5. The number of nitrogens with zero attached hydrogens (tertiary/aromatic N) is 4. The van der Waals surface area contributed by atoms with Crippen molar-refractivity contribution in [3.05, 3.63) is 151 Å². The van der Waals surface area contributed by atoms with Crippen LogP contribution in [-0.4, -0.2) is 14.5 Å². The fourth-order valence-corrected chi connectivity index (χ4v) is 5.22. The minimum Gasteiger partial charge on any atom is -0.657 e. The van der Waals surface area contributed by atoms with Crippen LogP contribution in [0.4, 0.5) is 11.4 Å². The molecule has 4 nitrogen and oxygen atoms in total. The third-order valence-electron chi connectivity index (χ3n) is 7.27. The number of imidazole rings is 1. The van der Waals surface area contributed by atoms with Crippen LogP contribution >= 0.6 is 0 Å². The molecule has 0 atom stereocenters. The number of pyridine rings is 1. The molecule has 0 fully saturated rings. The topological polar surface area (TPSA) is 44.8 Å². The van der Waals surface area contributed by atoms with E-state index in [9.17, 15) is 0 Å². The minimum absolute atomic E-state index is 0. The van der Waals surface area contributed by atoms with Gasteiger partial charge < -0.3 is 9.88 Å². The van der Waals surface area contributed by atoms with E-state index in [1.165, 1.54) is 0 Å². The van der Waals surface area contributed by atoms with Gasteiger partial charge in [-0.1, -0.05) is 97.1 Å². The number of hydrogen-bond acceptors (Lipinski definition) is 2. The van der Waals surface area contributed by atoms with Gasteiger partial charge >= 0.3 is 21.1 Å². The molecule has 0 saturated carbocycles. The standard InChI is InChI=1S/C37H26N4.Pt/c1-41-36-23-13-12-22-33(36)40-37(41)30-19-9-11-21-32(30)38-31-20-10-8-18-29(31)35-25-28(26-14-4-2-5-15-26)24-34(39-35)27-16-6-3-7-17-27;/h2-16,18-25H,1H3;/q-2;+2. The quantitative estimate of drug-likeness (QED) is 0.161. The van der Waals surface area contributed by atoms with Crippen LogP contribution in [0.5, 0.6) is 0 Å². The molecule has 0 aliphatic rings. The van der Waals surface area contributed by atoms with Crippen LogP contribution < -0.4 is 0 Å². The Kier molecular flexibility index (Phi) is 7.81. The van der Waals surface area contributed by atoms with E-state index in [2.05, 4.69) is 72.3 Å². The first-order chi connectivity index (χ1) is 20.2. The summed E-state index contributed by atoms with van der Waals surface area (Å²) in [6.45, 7) is 0. The second-order valence-corrected chi connectivity index (χ2v) is 9.90. The van der Waals surface area contributed by atoms with Crippen LogP contribution in [0.2, 0.25) is 0 Å².